The maximum atomic E-state index is 13.9. The summed E-state index contributed by atoms with van der Waals surface area (Å²) in [6.07, 6.45) is 0. The molecule has 1 N–H and O–H groups in total. The Bertz CT molecular complexity index is 997. The fourth-order valence-electron chi connectivity index (χ4n) is 2.27. The quantitative estimate of drug-likeness (QED) is 0.442. The van der Waals surface area contributed by atoms with Gasteiger partial charge in [0.2, 0.25) is 11.6 Å². The van der Waals surface area contributed by atoms with Gasteiger partial charge >= 0.3 is 0 Å². The van der Waals surface area contributed by atoms with Crippen molar-refractivity contribution in [2.45, 2.75) is 17.2 Å². The first-order chi connectivity index (χ1) is 13.4. The fourth-order valence-corrected chi connectivity index (χ4v) is 3.48. The van der Waals surface area contributed by atoms with Crippen molar-refractivity contribution < 1.29 is 28.2 Å². The van der Waals surface area contributed by atoms with Crippen LogP contribution in [0.15, 0.2) is 56.5 Å². The molecule has 0 bridgehead atoms. The molecule has 28 heavy (non-hydrogen) atoms. The molecular weight excluding hydrogens is 453 g/mol. The van der Waals surface area contributed by atoms with E-state index >= 15 is 0 Å². The summed E-state index contributed by atoms with van der Waals surface area (Å²) in [5.74, 6) is -1.06. The van der Waals surface area contributed by atoms with E-state index in [2.05, 4.69) is 26.5 Å². The first kappa shape index (κ1) is 20.2. The molecule has 0 aliphatic heterocycles. The van der Waals surface area contributed by atoms with Gasteiger partial charge in [0, 0.05) is 16.6 Å². The molecule has 7 nitrogen and oxygen atoms in total. The summed E-state index contributed by atoms with van der Waals surface area (Å²) in [5.41, 5.74) is 0.622. The molecule has 0 saturated heterocycles. The maximum absolute atomic E-state index is 13.9. The molecule has 0 spiro atoms. The molecule has 0 saturated carbocycles. The first-order valence-corrected chi connectivity index (χ1v) is 9.72. The number of nitrogens with zero attached hydrogens (tertiary/aromatic N) is 2. The van der Waals surface area contributed by atoms with Crippen molar-refractivity contribution in [1.82, 2.24) is 5.27 Å². The molecule has 2 aromatic carbocycles. The minimum Gasteiger partial charge on any atom is -0.538 e. The van der Waals surface area contributed by atoms with Gasteiger partial charge in [0.05, 0.1) is 23.3 Å². The molecular formula is C18H15BrFN3O4S. The van der Waals surface area contributed by atoms with Crippen molar-refractivity contribution in [2.24, 2.45) is 0 Å². The predicted octanol–water partition coefficient (Wildman–Crippen LogP) is 3.05. The highest BCUT2D eigenvalue weighted by Gasteiger charge is 2.27. The standard InChI is InChI=1S/C18H15BrFN3O4S/c1-10(16(24)21-15-8-3-11(19)9-14(15)20)28-17-18(25)27-22-23(17)12-4-6-13(26-2)7-5-12/h3-10H,1-2H3,(H-,21,22,24,25). The van der Waals surface area contributed by atoms with Gasteiger partial charge in [-0.1, -0.05) is 15.9 Å². The van der Waals surface area contributed by atoms with Crippen molar-refractivity contribution in [1.29, 1.82) is 0 Å². The summed E-state index contributed by atoms with van der Waals surface area (Å²) in [7, 11) is 1.55. The van der Waals surface area contributed by atoms with E-state index in [4.69, 9.17) is 9.26 Å². The zero-order chi connectivity index (χ0) is 20.3. The van der Waals surface area contributed by atoms with Crippen LogP contribution in [0.2, 0.25) is 0 Å². The van der Waals surface area contributed by atoms with Crippen molar-refractivity contribution >= 4 is 39.3 Å². The van der Waals surface area contributed by atoms with Gasteiger partial charge in [0.15, 0.2) is 5.95 Å². The van der Waals surface area contributed by atoms with Gasteiger partial charge < -0.3 is 19.7 Å². The number of ether oxygens (including phenoxy) is 1. The average molecular weight is 468 g/mol. The van der Waals surface area contributed by atoms with Gasteiger partial charge in [0.1, 0.15) is 11.6 Å². The molecule has 0 radical (unpaired) electrons. The number of methoxy groups -OCH3 is 1. The second-order valence-corrected chi connectivity index (χ2v) is 7.89. The van der Waals surface area contributed by atoms with Crippen LogP contribution in [0.3, 0.4) is 0 Å². The van der Waals surface area contributed by atoms with E-state index in [0.29, 0.717) is 15.9 Å². The fraction of sp³-hybridized carbons (Fsp3) is 0.167. The summed E-state index contributed by atoms with van der Waals surface area (Å²) in [4.78, 5) is 12.4. The smallest absolute Gasteiger partial charge is 0.298 e. The van der Waals surface area contributed by atoms with Crippen molar-refractivity contribution in [3.05, 3.63) is 52.8 Å². The Labute approximate surface area is 172 Å². The Kier molecular flexibility index (Phi) is 6.20. The molecule has 1 atom stereocenters. The van der Waals surface area contributed by atoms with Crippen molar-refractivity contribution in [3.8, 4) is 17.4 Å². The summed E-state index contributed by atoms with van der Waals surface area (Å²) in [5, 5.41) is 17.7. The third-order valence-electron chi connectivity index (χ3n) is 3.74. The van der Waals surface area contributed by atoms with E-state index in [1.807, 2.05) is 0 Å². The van der Waals surface area contributed by atoms with Gasteiger partial charge in [-0.2, -0.15) is 0 Å². The lowest BCUT2D eigenvalue weighted by atomic mass is 10.3. The van der Waals surface area contributed by atoms with Crippen LogP contribution in [-0.4, -0.2) is 23.5 Å². The number of nitrogens with one attached hydrogen (secondary N) is 1. The highest BCUT2D eigenvalue weighted by molar-refractivity contribution is 9.10. The number of aromatic nitrogens is 2. The topological polar surface area (TPSA) is 91.3 Å². The number of rotatable bonds is 6. The zero-order valence-corrected chi connectivity index (χ0v) is 17.2. The Morgan fingerprint density at radius 1 is 1.36 bits per heavy atom. The maximum Gasteiger partial charge on any atom is 0.298 e. The van der Waals surface area contributed by atoms with Crippen LogP contribution in [0.25, 0.3) is 5.69 Å². The van der Waals surface area contributed by atoms with Crippen molar-refractivity contribution in [3.63, 3.8) is 0 Å². The second-order valence-electron chi connectivity index (χ2n) is 5.65. The minimum atomic E-state index is -0.709. The Morgan fingerprint density at radius 2 is 2.07 bits per heavy atom. The molecule has 1 heterocycles. The third kappa shape index (κ3) is 4.45. The van der Waals surface area contributed by atoms with Crippen LogP contribution >= 0.6 is 27.7 Å². The summed E-state index contributed by atoms with van der Waals surface area (Å²) in [6.45, 7) is 1.60. The van der Waals surface area contributed by atoms with Gasteiger partial charge in [-0.3, -0.25) is 4.79 Å². The summed E-state index contributed by atoms with van der Waals surface area (Å²) < 4.78 is 25.6. The lowest BCUT2D eigenvalue weighted by Gasteiger charge is -2.11. The van der Waals surface area contributed by atoms with Gasteiger partial charge in [0.25, 0.3) is 5.03 Å². The number of carbonyl (C=O) groups is 1. The number of halogens is 2. The Hall–Kier alpha value is -2.59. The van der Waals surface area contributed by atoms with E-state index in [9.17, 15) is 14.3 Å². The molecule has 3 aromatic rings. The largest absolute Gasteiger partial charge is 0.538 e. The molecule has 1 amide bonds. The van der Waals surface area contributed by atoms with Crippen LogP contribution in [0.5, 0.6) is 11.7 Å². The number of anilines is 1. The van der Waals surface area contributed by atoms with Gasteiger partial charge in [-0.05, 0) is 53.7 Å². The molecule has 3 rings (SSSR count). The lowest BCUT2D eigenvalue weighted by molar-refractivity contribution is -0.705. The molecule has 1 unspecified atom stereocenters. The number of benzene rings is 2. The number of hydrogen-bond donors (Lipinski definition) is 1. The molecule has 0 aliphatic rings. The number of thioether (sulfide) groups is 1. The predicted molar refractivity (Wildman–Crippen MR) is 102 cm³/mol. The van der Waals surface area contributed by atoms with Gasteiger partial charge in [-0.15, -0.1) is 0 Å². The van der Waals surface area contributed by atoms with E-state index in [0.717, 1.165) is 11.8 Å². The highest BCUT2D eigenvalue weighted by atomic mass is 79.9. The van der Waals surface area contributed by atoms with Crippen LogP contribution in [-0.2, 0) is 4.79 Å². The first-order valence-electron chi connectivity index (χ1n) is 8.05. The third-order valence-corrected chi connectivity index (χ3v) is 5.36. The van der Waals surface area contributed by atoms with E-state index < -0.39 is 22.9 Å². The minimum absolute atomic E-state index is 0.0522. The Balaban J connectivity index is 1.77. The second kappa shape index (κ2) is 8.61. The van der Waals surface area contributed by atoms with Crippen LogP contribution in [0.4, 0.5) is 10.1 Å². The molecule has 146 valence electrons. The molecule has 0 fully saturated rings. The SMILES string of the molecule is COc1ccc(-[n+]2noc([O-])c2SC(C)C(=O)Nc2ccc(Br)cc2F)cc1. The van der Waals surface area contributed by atoms with Crippen LogP contribution in [0, 0.1) is 5.82 Å². The highest BCUT2D eigenvalue weighted by Crippen LogP contribution is 2.29. The molecule has 0 aliphatic carbocycles. The number of carbonyl (C=O) groups excluding carboxylic acids is 1. The monoisotopic (exact) mass is 467 g/mol. The van der Waals surface area contributed by atoms with E-state index in [1.165, 1.54) is 16.8 Å². The van der Waals surface area contributed by atoms with Crippen LogP contribution < -0.4 is 19.8 Å². The molecule has 10 heteroatoms. The molecule has 1 aromatic heterocycles. The number of amides is 1. The van der Waals surface area contributed by atoms with Gasteiger partial charge in [-0.25, -0.2) is 4.39 Å². The van der Waals surface area contributed by atoms with E-state index in [1.54, 1.807) is 44.4 Å². The lowest BCUT2D eigenvalue weighted by Crippen LogP contribution is -2.36. The summed E-state index contributed by atoms with van der Waals surface area (Å²) >= 11 is 4.12. The van der Waals surface area contributed by atoms with E-state index in [-0.39, 0.29) is 10.7 Å². The summed E-state index contributed by atoms with van der Waals surface area (Å²) in [6, 6.07) is 11.1. The number of hydrogen-bond acceptors (Lipinski definition) is 6. The Morgan fingerprint density at radius 3 is 2.71 bits per heavy atom. The average Bonchev–Trinajstić information content (AvgIpc) is 3.04. The normalized spacial score (nSPS) is 11.9. The zero-order valence-electron chi connectivity index (χ0n) is 14.8. The van der Waals surface area contributed by atoms with Crippen molar-refractivity contribution in [2.75, 3.05) is 12.4 Å². The van der Waals surface area contributed by atoms with Crippen LogP contribution in [0.1, 0.15) is 6.92 Å².